The molecule has 1 rings (SSSR count). The Bertz CT molecular complexity index is 193. The maximum Gasteiger partial charge on any atom is 0.0119 e. The SMILES string of the molecule is CCCCCCC(C)NC1CCN(C)CC1C. The lowest BCUT2D eigenvalue weighted by atomic mass is 9.93. The van der Waals surface area contributed by atoms with Crippen LogP contribution in [0.15, 0.2) is 0 Å². The van der Waals surface area contributed by atoms with Crippen molar-refractivity contribution in [2.45, 2.75) is 71.4 Å². The van der Waals surface area contributed by atoms with Gasteiger partial charge in [-0.3, -0.25) is 0 Å². The molecule has 0 aliphatic carbocycles. The molecule has 0 bridgehead atoms. The highest BCUT2D eigenvalue weighted by atomic mass is 15.1. The first-order valence-electron chi connectivity index (χ1n) is 7.58. The van der Waals surface area contributed by atoms with E-state index in [2.05, 4.69) is 38.0 Å². The van der Waals surface area contributed by atoms with E-state index in [0.29, 0.717) is 6.04 Å². The van der Waals surface area contributed by atoms with Crippen molar-refractivity contribution in [1.82, 2.24) is 10.2 Å². The van der Waals surface area contributed by atoms with E-state index in [0.717, 1.165) is 12.0 Å². The average molecular weight is 240 g/mol. The Labute approximate surface area is 108 Å². The van der Waals surface area contributed by atoms with Crippen LogP contribution < -0.4 is 5.32 Å². The van der Waals surface area contributed by atoms with Gasteiger partial charge in [-0.15, -0.1) is 0 Å². The highest BCUT2D eigenvalue weighted by Gasteiger charge is 2.24. The highest BCUT2D eigenvalue weighted by molar-refractivity contribution is 4.83. The number of hydrogen-bond acceptors (Lipinski definition) is 2. The fraction of sp³-hybridized carbons (Fsp3) is 1.00. The van der Waals surface area contributed by atoms with Gasteiger partial charge in [-0.1, -0.05) is 39.5 Å². The van der Waals surface area contributed by atoms with Gasteiger partial charge in [0.15, 0.2) is 0 Å². The Morgan fingerprint density at radius 3 is 2.71 bits per heavy atom. The molecule has 0 saturated carbocycles. The summed E-state index contributed by atoms with van der Waals surface area (Å²) in [5.41, 5.74) is 0. The summed E-state index contributed by atoms with van der Waals surface area (Å²) in [5.74, 6) is 0.798. The molecule has 1 aliphatic heterocycles. The second-order valence-corrected chi connectivity index (χ2v) is 6.05. The van der Waals surface area contributed by atoms with Crippen LogP contribution in [0.2, 0.25) is 0 Å². The van der Waals surface area contributed by atoms with E-state index in [9.17, 15) is 0 Å². The van der Waals surface area contributed by atoms with Crippen molar-refractivity contribution < 1.29 is 0 Å². The predicted molar refractivity (Wildman–Crippen MR) is 76.4 cm³/mol. The van der Waals surface area contributed by atoms with Gasteiger partial charge in [-0.25, -0.2) is 0 Å². The molecule has 0 spiro atoms. The zero-order valence-corrected chi connectivity index (χ0v) is 12.3. The summed E-state index contributed by atoms with van der Waals surface area (Å²) in [7, 11) is 2.24. The lowest BCUT2D eigenvalue weighted by Gasteiger charge is -2.37. The Morgan fingerprint density at radius 2 is 2.06 bits per heavy atom. The van der Waals surface area contributed by atoms with Crippen molar-refractivity contribution in [3.05, 3.63) is 0 Å². The minimum atomic E-state index is 0.697. The second-order valence-electron chi connectivity index (χ2n) is 6.05. The first-order valence-corrected chi connectivity index (χ1v) is 7.58. The van der Waals surface area contributed by atoms with Gasteiger partial charge in [0.25, 0.3) is 0 Å². The summed E-state index contributed by atoms with van der Waals surface area (Å²) in [4.78, 5) is 2.45. The lowest BCUT2D eigenvalue weighted by molar-refractivity contribution is 0.166. The van der Waals surface area contributed by atoms with Crippen LogP contribution in [0.3, 0.4) is 0 Å². The maximum absolute atomic E-state index is 3.84. The molecule has 2 nitrogen and oxygen atoms in total. The smallest absolute Gasteiger partial charge is 0.0119 e. The van der Waals surface area contributed by atoms with E-state index in [1.165, 1.54) is 51.6 Å². The molecule has 3 atom stereocenters. The van der Waals surface area contributed by atoms with Crippen LogP contribution in [0, 0.1) is 5.92 Å². The van der Waals surface area contributed by atoms with Gasteiger partial charge < -0.3 is 10.2 Å². The molecular weight excluding hydrogens is 208 g/mol. The molecule has 102 valence electrons. The molecule has 1 saturated heterocycles. The molecule has 2 heteroatoms. The van der Waals surface area contributed by atoms with E-state index in [4.69, 9.17) is 0 Å². The normalized spacial score (nSPS) is 28.2. The molecule has 0 aromatic carbocycles. The third-order valence-electron chi connectivity index (χ3n) is 4.10. The van der Waals surface area contributed by atoms with Crippen LogP contribution in [0.4, 0.5) is 0 Å². The number of nitrogens with one attached hydrogen (secondary N) is 1. The molecular formula is C15H32N2. The summed E-state index contributed by atoms with van der Waals surface area (Å²) in [6, 6.07) is 1.44. The number of unbranched alkanes of at least 4 members (excludes halogenated alkanes) is 3. The highest BCUT2D eigenvalue weighted by Crippen LogP contribution is 2.17. The van der Waals surface area contributed by atoms with E-state index in [-0.39, 0.29) is 0 Å². The summed E-state index contributed by atoms with van der Waals surface area (Å²) >= 11 is 0. The molecule has 0 radical (unpaired) electrons. The second kappa shape index (κ2) is 8.10. The van der Waals surface area contributed by atoms with Crippen LogP contribution in [-0.4, -0.2) is 37.1 Å². The standard InChI is InChI=1S/C15H32N2/c1-5-6-7-8-9-14(3)16-15-10-11-17(4)12-13(15)2/h13-16H,5-12H2,1-4H3. The third-order valence-corrected chi connectivity index (χ3v) is 4.10. The number of rotatable bonds is 7. The van der Waals surface area contributed by atoms with Crippen molar-refractivity contribution in [3.8, 4) is 0 Å². The van der Waals surface area contributed by atoms with Crippen LogP contribution in [0.25, 0.3) is 0 Å². The molecule has 3 unspecified atom stereocenters. The van der Waals surface area contributed by atoms with Gasteiger partial charge in [0.05, 0.1) is 0 Å². The minimum Gasteiger partial charge on any atom is -0.311 e. The molecule has 1 aliphatic rings. The lowest BCUT2D eigenvalue weighted by Crippen LogP contribution is -2.49. The third kappa shape index (κ3) is 5.87. The van der Waals surface area contributed by atoms with E-state index < -0.39 is 0 Å². The molecule has 1 N–H and O–H groups in total. The van der Waals surface area contributed by atoms with Crippen LogP contribution in [-0.2, 0) is 0 Å². The quantitative estimate of drug-likeness (QED) is 0.687. The molecule has 17 heavy (non-hydrogen) atoms. The summed E-state index contributed by atoms with van der Waals surface area (Å²) in [5, 5.41) is 3.84. The van der Waals surface area contributed by atoms with E-state index in [1.54, 1.807) is 0 Å². The Kier molecular flexibility index (Phi) is 7.14. The minimum absolute atomic E-state index is 0.697. The first kappa shape index (κ1) is 15.0. The summed E-state index contributed by atoms with van der Waals surface area (Å²) in [6.07, 6.45) is 8.20. The van der Waals surface area contributed by atoms with Gasteiger partial charge >= 0.3 is 0 Å². The van der Waals surface area contributed by atoms with Crippen LogP contribution in [0.5, 0.6) is 0 Å². The van der Waals surface area contributed by atoms with Crippen molar-refractivity contribution in [2.75, 3.05) is 20.1 Å². The molecule has 0 aromatic heterocycles. The topological polar surface area (TPSA) is 15.3 Å². The van der Waals surface area contributed by atoms with Crippen molar-refractivity contribution in [1.29, 1.82) is 0 Å². The number of likely N-dealkylation sites (tertiary alicyclic amines) is 1. The number of piperidine rings is 1. The largest absolute Gasteiger partial charge is 0.311 e. The van der Waals surface area contributed by atoms with E-state index in [1.807, 2.05) is 0 Å². The molecule has 0 amide bonds. The zero-order valence-electron chi connectivity index (χ0n) is 12.3. The summed E-state index contributed by atoms with van der Waals surface area (Å²) in [6.45, 7) is 9.53. The van der Waals surface area contributed by atoms with E-state index >= 15 is 0 Å². The van der Waals surface area contributed by atoms with Gasteiger partial charge in [0.2, 0.25) is 0 Å². The fourth-order valence-corrected chi connectivity index (χ4v) is 2.93. The Morgan fingerprint density at radius 1 is 1.29 bits per heavy atom. The number of hydrogen-bond donors (Lipinski definition) is 1. The molecule has 0 aromatic rings. The number of nitrogens with zero attached hydrogens (tertiary/aromatic N) is 1. The van der Waals surface area contributed by atoms with Gasteiger partial charge in [-0.05, 0) is 39.3 Å². The van der Waals surface area contributed by atoms with Crippen molar-refractivity contribution >= 4 is 0 Å². The Hall–Kier alpha value is -0.0800. The molecule has 1 fully saturated rings. The van der Waals surface area contributed by atoms with Crippen molar-refractivity contribution in [3.63, 3.8) is 0 Å². The molecule has 1 heterocycles. The predicted octanol–water partition coefficient (Wildman–Crippen LogP) is 3.28. The fourth-order valence-electron chi connectivity index (χ4n) is 2.93. The monoisotopic (exact) mass is 240 g/mol. The maximum atomic E-state index is 3.84. The van der Waals surface area contributed by atoms with Gasteiger partial charge in [0.1, 0.15) is 0 Å². The summed E-state index contributed by atoms with van der Waals surface area (Å²) < 4.78 is 0. The zero-order chi connectivity index (χ0) is 12.7. The Balaban J connectivity index is 2.14. The average Bonchev–Trinajstić information content (AvgIpc) is 2.28. The van der Waals surface area contributed by atoms with Crippen LogP contribution >= 0.6 is 0 Å². The van der Waals surface area contributed by atoms with Crippen LogP contribution in [0.1, 0.15) is 59.3 Å². The van der Waals surface area contributed by atoms with Gasteiger partial charge in [-0.2, -0.15) is 0 Å². The van der Waals surface area contributed by atoms with Gasteiger partial charge in [0, 0.05) is 18.6 Å². The van der Waals surface area contributed by atoms with Crippen molar-refractivity contribution in [2.24, 2.45) is 5.92 Å². The first-order chi connectivity index (χ1) is 8.13.